The zero-order valence-corrected chi connectivity index (χ0v) is 16.0. The summed E-state index contributed by atoms with van der Waals surface area (Å²) in [6, 6.07) is 4.76. The fourth-order valence-electron chi connectivity index (χ4n) is 2.23. The van der Waals surface area contributed by atoms with Gasteiger partial charge >= 0.3 is 0 Å². The average Bonchev–Trinajstić information content (AvgIpc) is 2.54. The van der Waals surface area contributed by atoms with E-state index in [4.69, 9.17) is 0 Å². The van der Waals surface area contributed by atoms with E-state index in [0.29, 0.717) is 0 Å². The molecule has 2 aromatic rings. The highest BCUT2D eigenvalue weighted by atomic mass is 79.9. The predicted molar refractivity (Wildman–Crippen MR) is 97.5 cm³/mol. The SMILES string of the molecule is O=C(CCCC(=O)c1cc(Br)c(O)cc1O)c1cc(Br)c(O)cc1O. The van der Waals surface area contributed by atoms with E-state index in [1.165, 1.54) is 12.1 Å². The molecule has 0 saturated carbocycles. The molecule has 0 aliphatic rings. The Bertz CT molecular complexity index is 778. The quantitative estimate of drug-likeness (QED) is 0.465. The zero-order valence-electron chi connectivity index (χ0n) is 12.8. The first kappa shape index (κ1) is 19.3. The van der Waals surface area contributed by atoms with Gasteiger partial charge in [-0.15, -0.1) is 0 Å². The van der Waals surface area contributed by atoms with Crippen LogP contribution in [0.2, 0.25) is 0 Å². The number of phenols is 4. The summed E-state index contributed by atoms with van der Waals surface area (Å²) < 4.78 is 0.562. The molecule has 132 valence electrons. The van der Waals surface area contributed by atoms with Crippen LogP contribution in [-0.4, -0.2) is 32.0 Å². The summed E-state index contributed by atoms with van der Waals surface area (Å²) in [4.78, 5) is 24.3. The molecule has 0 aliphatic carbocycles. The van der Waals surface area contributed by atoms with E-state index in [0.717, 1.165) is 12.1 Å². The second-order valence-corrected chi connectivity index (χ2v) is 7.05. The maximum Gasteiger partial charge on any atom is 0.166 e. The second kappa shape index (κ2) is 7.88. The van der Waals surface area contributed by atoms with E-state index in [2.05, 4.69) is 31.9 Å². The van der Waals surface area contributed by atoms with Gasteiger partial charge in [0.05, 0.1) is 20.1 Å². The summed E-state index contributed by atoms with van der Waals surface area (Å²) in [6.07, 6.45) is 0.237. The van der Waals surface area contributed by atoms with E-state index < -0.39 is 0 Å². The maximum absolute atomic E-state index is 12.1. The van der Waals surface area contributed by atoms with Gasteiger partial charge in [-0.1, -0.05) is 0 Å². The summed E-state index contributed by atoms with van der Waals surface area (Å²) in [7, 11) is 0. The van der Waals surface area contributed by atoms with Gasteiger partial charge in [0.1, 0.15) is 23.0 Å². The van der Waals surface area contributed by atoms with Crippen LogP contribution in [0.4, 0.5) is 0 Å². The standard InChI is InChI=1S/C17H14Br2O6/c18-10-4-8(14(22)6-16(10)24)12(20)2-1-3-13(21)9-5-11(19)17(25)7-15(9)23/h4-7,22-25H,1-3H2. The van der Waals surface area contributed by atoms with Gasteiger partial charge in [-0.2, -0.15) is 0 Å². The lowest BCUT2D eigenvalue weighted by Crippen LogP contribution is -2.04. The fraction of sp³-hybridized carbons (Fsp3) is 0.176. The minimum Gasteiger partial charge on any atom is -0.507 e. The number of hydrogen-bond acceptors (Lipinski definition) is 6. The molecule has 0 aromatic heterocycles. The van der Waals surface area contributed by atoms with Gasteiger partial charge < -0.3 is 20.4 Å². The molecule has 2 rings (SSSR count). The van der Waals surface area contributed by atoms with Crippen molar-refractivity contribution in [2.24, 2.45) is 0 Å². The van der Waals surface area contributed by atoms with Crippen LogP contribution in [0, 0.1) is 0 Å². The van der Waals surface area contributed by atoms with Crippen molar-refractivity contribution < 1.29 is 30.0 Å². The van der Waals surface area contributed by atoms with Crippen LogP contribution in [0.15, 0.2) is 33.2 Å². The third-order valence-electron chi connectivity index (χ3n) is 3.54. The highest BCUT2D eigenvalue weighted by Gasteiger charge is 2.17. The Morgan fingerprint density at radius 2 is 1.04 bits per heavy atom. The molecule has 4 N–H and O–H groups in total. The summed E-state index contributed by atoms with van der Waals surface area (Å²) in [6.45, 7) is 0. The number of carbonyl (C=O) groups excluding carboxylic acids is 2. The molecule has 0 aliphatic heterocycles. The lowest BCUT2D eigenvalue weighted by atomic mass is 10.0. The van der Waals surface area contributed by atoms with Gasteiger partial charge in [0, 0.05) is 25.0 Å². The highest BCUT2D eigenvalue weighted by Crippen LogP contribution is 2.33. The minimum atomic E-state index is -0.373. The number of carbonyl (C=O) groups is 2. The molecule has 8 heteroatoms. The number of rotatable bonds is 6. The van der Waals surface area contributed by atoms with E-state index in [9.17, 15) is 30.0 Å². The van der Waals surface area contributed by atoms with Crippen LogP contribution in [-0.2, 0) is 0 Å². The molecule has 0 unspecified atom stereocenters. The molecular formula is C17H14Br2O6. The summed E-state index contributed by atoms with van der Waals surface area (Å²) in [5, 5.41) is 38.4. The Morgan fingerprint density at radius 3 is 1.40 bits per heavy atom. The van der Waals surface area contributed by atoms with Crippen LogP contribution >= 0.6 is 31.9 Å². The number of hydrogen-bond donors (Lipinski definition) is 4. The lowest BCUT2D eigenvalue weighted by Gasteiger charge is -2.07. The lowest BCUT2D eigenvalue weighted by molar-refractivity contribution is 0.0955. The first-order chi connectivity index (χ1) is 11.7. The van der Waals surface area contributed by atoms with Crippen molar-refractivity contribution in [2.75, 3.05) is 0 Å². The zero-order chi connectivity index (χ0) is 18.7. The van der Waals surface area contributed by atoms with Crippen molar-refractivity contribution in [3.63, 3.8) is 0 Å². The third kappa shape index (κ3) is 4.52. The Morgan fingerprint density at radius 1 is 0.680 bits per heavy atom. The Kier molecular flexibility index (Phi) is 6.07. The molecular weight excluding hydrogens is 460 g/mol. The van der Waals surface area contributed by atoms with Gasteiger partial charge in [-0.05, 0) is 50.4 Å². The third-order valence-corrected chi connectivity index (χ3v) is 4.81. The van der Waals surface area contributed by atoms with Crippen LogP contribution < -0.4 is 0 Å². The van der Waals surface area contributed by atoms with Crippen LogP contribution in [0.25, 0.3) is 0 Å². The summed E-state index contributed by atoms with van der Waals surface area (Å²) in [5.74, 6) is -1.78. The Hall–Kier alpha value is -2.06. The average molecular weight is 474 g/mol. The molecule has 25 heavy (non-hydrogen) atoms. The van der Waals surface area contributed by atoms with Gasteiger partial charge in [0.15, 0.2) is 11.6 Å². The number of aromatic hydroxyl groups is 4. The molecule has 0 saturated heterocycles. The number of benzene rings is 2. The first-order valence-corrected chi connectivity index (χ1v) is 8.78. The van der Waals surface area contributed by atoms with E-state index >= 15 is 0 Å². The molecule has 0 fully saturated rings. The second-order valence-electron chi connectivity index (χ2n) is 5.34. The molecule has 2 aromatic carbocycles. The van der Waals surface area contributed by atoms with Gasteiger partial charge in [0.25, 0.3) is 0 Å². The molecule has 0 amide bonds. The molecule has 0 bridgehead atoms. The topological polar surface area (TPSA) is 115 Å². The number of halogens is 2. The molecule has 0 heterocycles. The van der Waals surface area contributed by atoms with Crippen molar-refractivity contribution in [1.82, 2.24) is 0 Å². The van der Waals surface area contributed by atoms with E-state index in [1.807, 2.05) is 0 Å². The van der Waals surface area contributed by atoms with Gasteiger partial charge in [-0.3, -0.25) is 9.59 Å². The predicted octanol–water partition coefficient (Wildman–Crippen LogP) is 4.27. The van der Waals surface area contributed by atoms with Crippen molar-refractivity contribution >= 4 is 43.4 Å². The minimum absolute atomic E-state index is 0.0104. The smallest absolute Gasteiger partial charge is 0.166 e. The molecule has 0 atom stereocenters. The Balaban J connectivity index is 2.01. The normalized spacial score (nSPS) is 10.6. The van der Waals surface area contributed by atoms with Crippen LogP contribution in [0.5, 0.6) is 23.0 Å². The van der Waals surface area contributed by atoms with Crippen molar-refractivity contribution in [3.8, 4) is 23.0 Å². The summed E-state index contributed by atoms with van der Waals surface area (Å²) in [5.41, 5.74) is 0.0969. The first-order valence-electron chi connectivity index (χ1n) is 7.20. The molecule has 6 nitrogen and oxygen atoms in total. The molecule has 0 spiro atoms. The van der Waals surface area contributed by atoms with Crippen LogP contribution in [0.3, 0.4) is 0 Å². The maximum atomic E-state index is 12.1. The van der Waals surface area contributed by atoms with E-state index in [-0.39, 0.29) is 73.9 Å². The summed E-state index contributed by atoms with van der Waals surface area (Å²) >= 11 is 6.14. The Labute approximate surface area is 160 Å². The number of ketones is 2. The number of phenolic OH excluding ortho intramolecular Hbond substituents is 4. The highest BCUT2D eigenvalue weighted by molar-refractivity contribution is 9.10. The van der Waals surface area contributed by atoms with Crippen molar-refractivity contribution in [3.05, 3.63) is 44.3 Å². The van der Waals surface area contributed by atoms with E-state index in [1.54, 1.807) is 0 Å². The van der Waals surface area contributed by atoms with Crippen LogP contribution in [0.1, 0.15) is 40.0 Å². The van der Waals surface area contributed by atoms with Gasteiger partial charge in [0.2, 0.25) is 0 Å². The van der Waals surface area contributed by atoms with Crippen molar-refractivity contribution in [1.29, 1.82) is 0 Å². The monoisotopic (exact) mass is 472 g/mol. The largest absolute Gasteiger partial charge is 0.507 e. The fourth-order valence-corrected chi connectivity index (χ4v) is 2.91. The number of Topliss-reactive ketones (excluding diaryl/α,β-unsaturated/α-hetero) is 2. The van der Waals surface area contributed by atoms with Crippen molar-refractivity contribution in [2.45, 2.75) is 19.3 Å². The van der Waals surface area contributed by atoms with Gasteiger partial charge in [-0.25, -0.2) is 0 Å². The molecule has 0 radical (unpaired) electrons.